The molecule has 94 valence electrons. The molecule has 1 unspecified atom stereocenters. The summed E-state index contributed by atoms with van der Waals surface area (Å²) in [4.78, 5) is 38.4. The molecule has 1 aromatic heterocycles. The molecule has 0 saturated carbocycles. The van der Waals surface area contributed by atoms with Crippen LogP contribution in [0, 0.1) is 5.92 Å². The van der Waals surface area contributed by atoms with Gasteiger partial charge in [-0.1, -0.05) is 0 Å². The number of nitrogens with zero attached hydrogens (tertiary/aromatic N) is 2. The van der Waals surface area contributed by atoms with Crippen molar-refractivity contribution in [2.24, 2.45) is 11.7 Å². The smallest absolute Gasteiger partial charge is 0.354 e. The Bertz CT molecular complexity index is 512. The minimum absolute atomic E-state index is 0.0794. The zero-order chi connectivity index (χ0) is 13.3. The monoisotopic (exact) mass is 249 g/mol. The Labute approximate surface area is 102 Å². The molecule has 1 aliphatic rings. The molecular weight excluding hydrogens is 238 g/mol. The number of hydrogen-bond donors (Lipinski definition) is 2. The lowest BCUT2D eigenvalue weighted by molar-refractivity contribution is -0.123. The van der Waals surface area contributed by atoms with Gasteiger partial charge in [-0.15, -0.1) is 0 Å². The maximum Gasteiger partial charge on any atom is 0.354 e. The van der Waals surface area contributed by atoms with E-state index in [-0.39, 0.29) is 24.6 Å². The van der Waals surface area contributed by atoms with Gasteiger partial charge in [0.2, 0.25) is 11.8 Å². The Hall–Kier alpha value is -2.44. The third kappa shape index (κ3) is 2.15. The predicted molar refractivity (Wildman–Crippen MR) is 60.9 cm³/mol. The molecule has 3 N–H and O–H groups in total. The summed E-state index contributed by atoms with van der Waals surface area (Å²) in [5, 5.41) is 8.70. The van der Waals surface area contributed by atoms with E-state index in [0.29, 0.717) is 5.69 Å². The first-order chi connectivity index (χ1) is 8.49. The van der Waals surface area contributed by atoms with Crippen molar-refractivity contribution in [3.63, 3.8) is 0 Å². The number of nitrogens with two attached hydrogens (primary N) is 1. The molecular formula is C11H11N3O4. The van der Waals surface area contributed by atoms with Crippen LogP contribution in [0.15, 0.2) is 18.3 Å². The highest BCUT2D eigenvalue weighted by Gasteiger charge is 2.34. The SMILES string of the molecule is NC(=O)C1CC(=O)N(c2ccc(C(=O)O)nc2)C1. The molecule has 1 fully saturated rings. The number of aromatic carboxylic acids is 1. The van der Waals surface area contributed by atoms with E-state index < -0.39 is 17.8 Å². The van der Waals surface area contributed by atoms with E-state index in [9.17, 15) is 14.4 Å². The van der Waals surface area contributed by atoms with E-state index in [1.54, 1.807) is 0 Å². The summed E-state index contributed by atoms with van der Waals surface area (Å²) in [5.74, 6) is -2.37. The molecule has 18 heavy (non-hydrogen) atoms. The van der Waals surface area contributed by atoms with Gasteiger partial charge in [-0.2, -0.15) is 0 Å². The van der Waals surface area contributed by atoms with Gasteiger partial charge < -0.3 is 15.7 Å². The first-order valence-electron chi connectivity index (χ1n) is 5.28. The maximum absolute atomic E-state index is 11.7. The summed E-state index contributed by atoms with van der Waals surface area (Å²) < 4.78 is 0. The van der Waals surface area contributed by atoms with Crippen molar-refractivity contribution in [1.29, 1.82) is 0 Å². The molecule has 0 spiro atoms. The molecule has 0 radical (unpaired) electrons. The molecule has 2 rings (SSSR count). The van der Waals surface area contributed by atoms with E-state index in [1.165, 1.54) is 23.2 Å². The molecule has 0 aliphatic carbocycles. The van der Waals surface area contributed by atoms with Gasteiger partial charge in [-0.05, 0) is 12.1 Å². The molecule has 0 bridgehead atoms. The Morgan fingerprint density at radius 3 is 2.61 bits per heavy atom. The summed E-state index contributed by atoms with van der Waals surface area (Å²) in [7, 11) is 0. The molecule has 1 aromatic rings. The van der Waals surface area contributed by atoms with Gasteiger partial charge in [0.15, 0.2) is 0 Å². The second kappa shape index (κ2) is 4.44. The van der Waals surface area contributed by atoms with Crippen LogP contribution in [0.4, 0.5) is 5.69 Å². The van der Waals surface area contributed by atoms with Crippen molar-refractivity contribution in [2.45, 2.75) is 6.42 Å². The fraction of sp³-hybridized carbons (Fsp3) is 0.273. The Morgan fingerprint density at radius 2 is 2.17 bits per heavy atom. The molecule has 1 atom stereocenters. The van der Waals surface area contributed by atoms with Crippen LogP contribution < -0.4 is 10.6 Å². The first kappa shape index (κ1) is 12.0. The number of carboxylic acids is 1. The van der Waals surface area contributed by atoms with Gasteiger partial charge in [0.1, 0.15) is 5.69 Å². The quantitative estimate of drug-likeness (QED) is 0.757. The molecule has 2 amide bonds. The molecule has 0 aromatic carbocycles. The standard InChI is InChI=1S/C11H11N3O4/c12-10(16)6-3-9(15)14(5-6)7-1-2-8(11(17)18)13-4-7/h1-2,4,6H,3,5H2,(H2,12,16)(H,17,18). The summed E-state index contributed by atoms with van der Waals surface area (Å²) in [5.41, 5.74) is 5.52. The van der Waals surface area contributed by atoms with Crippen LogP contribution in [0.3, 0.4) is 0 Å². The maximum atomic E-state index is 11.7. The molecule has 7 heteroatoms. The fourth-order valence-electron chi connectivity index (χ4n) is 1.82. The largest absolute Gasteiger partial charge is 0.477 e. The highest BCUT2D eigenvalue weighted by atomic mass is 16.4. The summed E-state index contributed by atoms with van der Waals surface area (Å²) >= 11 is 0. The number of primary amides is 1. The van der Waals surface area contributed by atoms with Crippen LogP contribution in [-0.2, 0) is 9.59 Å². The second-order valence-electron chi connectivity index (χ2n) is 4.01. The van der Waals surface area contributed by atoms with Crippen molar-refractivity contribution in [3.8, 4) is 0 Å². The minimum Gasteiger partial charge on any atom is -0.477 e. The third-order valence-electron chi connectivity index (χ3n) is 2.81. The molecule has 1 aliphatic heterocycles. The van der Waals surface area contributed by atoms with Gasteiger partial charge >= 0.3 is 5.97 Å². The number of aromatic nitrogens is 1. The minimum atomic E-state index is -1.13. The Balaban J connectivity index is 2.19. The highest BCUT2D eigenvalue weighted by molar-refractivity contribution is 6.00. The van der Waals surface area contributed by atoms with Gasteiger partial charge in [0.05, 0.1) is 17.8 Å². The van der Waals surface area contributed by atoms with Crippen molar-refractivity contribution in [1.82, 2.24) is 4.98 Å². The number of anilines is 1. The highest BCUT2D eigenvalue weighted by Crippen LogP contribution is 2.24. The zero-order valence-corrected chi connectivity index (χ0v) is 9.37. The number of carbonyl (C=O) groups excluding carboxylic acids is 2. The Kier molecular flexibility index (Phi) is 2.97. The normalized spacial score (nSPS) is 19.0. The average Bonchev–Trinajstić information content (AvgIpc) is 2.71. The lowest BCUT2D eigenvalue weighted by Crippen LogP contribution is -2.28. The number of carboxylic acid groups (broad SMARTS) is 1. The van der Waals surface area contributed by atoms with E-state index in [2.05, 4.69) is 4.98 Å². The van der Waals surface area contributed by atoms with Crippen molar-refractivity contribution in [3.05, 3.63) is 24.0 Å². The third-order valence-corrected chi connectivity index (χ3v) is 2.81. The predicted octanol–water partition coefficient (Wildman–Crippen LogP) is -0.382. The van der Waals surface area contributed by atoms with E-state index >= 15 is 0 Å². The van der Waals surface area contributed by atoms with E-state index in [0.717, 1.165) is 0 Å². The van der Waals surface area contributed by atoms with Crippen LogP contribution in [0.25, 0.3) is 0 Å². The van der Waals surface area contributed by atoms with Crippen LogP contribution in [-0.4, -0.2) is 34.4 Å². The van der Waals surface area contributed by atoms with Gasteiger partial charge in [-0.3, -0.25) is 9.59 Å². The van der Waals surface area contributed by atoms with Crippen LogP contribution in [0.1, 0.15) is 16.9 Å². The van der Waals surface area contributed by atoms with Gasteiger partial charge in [-0.25, -0.2) is 9.78 Å². The zero-order valence-electron chi connectivity index (χ0n) is 9.37. The second-order valence-corrected chi connectivity index (χ2v) is 4.01. The first-order valence-corrected chi connectivity index (χ1v) is 5.28. The van der Waals surface area contributed by atoms with E-state index in [1.807, 2.05) is 0 Å². The Morgan fingerprint density at radius 1 is 1.44 bits per heavy atom. The lowest BCUT2D eigenvalue weighted by atomic mass is 10.1. The molecule has 1 saturated heterocycles. The number of carbonyl (C=O) groups is 3. The molecule has 2 heterocycles. The van der Waals surface area contributed by atoms with Crippen LogP contribution in [0.5, 0.6) is 0 Å². The van der Waals surface area contributed by atoms with Crippen molar-refractivity contribution < 1.29 is 19.5 Å². The van der Waals surface area contributed by atoms with E-state index in [4.69, 9.17) is 10.8 Å². The summed E-state index contributed by atoms with van der Waals surface area (Å²) in [6.07, 6.45) is 1.38. The number of rotatable bonds is 3. The van der Waals surface area contributed by atoms with Crippen molar-refractivity contribution in [2.75, 3.05) is 11.4 Å². The van der Waals surface area contributed by atoms with Gasteiger partial charge in [0, 0.05) is 13.0 Å². The number of hydrogen-bond acceptors (Lipinski definition) is 4. The lowest BCUT2D eigenvalue weighted by Gasteiger charge is -2.15. The number of amides is 2. The average molecular weight is 249 g/mol. The molecule has 7 nitrogen and oxygen atoms in total. The number of pyridine rings is 1. The van der Waals surface area contributed by atoms with Crippen LogP contribution in [0.2, 0.25) is 0 Å². The summed E-state index contributed by atoms with van der Waals surface area (Å²) in [6.45, 7) is 0.211. The fourth-order valence-corrected chi connectivity index (χ4v) is 1.82. The van der Waals surface area contributed by atoms with Crippen molar-refractivity contribution >= 4 is 23.5 Å². The van der Waals surface area contributed by atoms with Gasteiger partial charge in [0.25, 0.3) is 0 Å². The topological polar surface area (TPSA) is 114 Å². The van der Waals surface area contributed by atoms with Crippen LogP contribution >= 0.6 is 0 Å². The summed E-state index contributed by atoms with van der Waals surface area (Å²) in [6, 6.07) is 2.79.